The monoisotopic (exact) mass is 590 g/mol. The average molecular weight is 591 g/mol. The first-order chi connectivity index (χ1) is 20.6. The van der Waals surface area contributed by atoms with Crippen LogP contribution in [-0.2, 0) is 41.7 Å². The average Bonchev–Trinajstić information content (AvgIpc) is 2.98. The summed E-state index contributed by atoms with van der Waals surface area (Å²) >= 11 is 0. The molecule has 0 fully saturated rings. The van der Waals surface area contributed by atoms with Crippen molar-refractivity contribution < 1.29 is 28.8 Å². The van der Waals surface area contributed by atoms with Crippen molar-refractivity contribution in [3.8, 4) is 0 Å². The molecule has 0 radical (unpaired) electrons. The van der Waals surface area contributed by atoms with Gasteiger partial charge in [-0.1, -0.05) is 72.8 Å². The smallest absolute Gasteiger partial charge is 0.246 e. The molecule has 2 atom stereocenters. The molecule has 10 nitrogen and oxygen atoms in total. The van der Waals surface area contributed by atoms with Crippen LogP contribution in [0.5, 0.6) is 0 Å². The van der Waals surface area contributed by atoms with E-state index in [1.54, 1.807) is 20.8 Å². The van der Waals surface area contributed by atoms with Crippen molar-refractivity contribution >= 4 is 34.4 Å². The molecule has 0 saturated carbocycles. The molecule has 4 N–H and O–H groups in total. The second-order valence-corrected chi connectivity index (χ2v) is 11.3. The van der Waals surface area contributed by atoms with E-state index >= 15 is 0 Å². The third-order valence-corrected chi connectivity index (χ3v) is 6.52. The van der Waals surface area contributed by atoms with Crippen LogP contribution in [-0.4, -0.2) is 55.0 Å². The zero-order chi connectivity index (χ0) is 31.2. The molecular formula is C33H42N4O6. The van der Waals surface area contributed by atoms with Crippen molar-refractivity contribution in [1.82, 2.24) is 21.4 Å². The van der Waals surface area contributed by atoms with E-state index in [4.69, 9.17) is 9.57 Å². The number of carbonyl (C=O) groups excluding carboxylic acids is 4. The van der Waals surface area contributed by atoms with Crippen molar-refractivity contribution in [3.63, 3.8) is 0 Å². The normalized spacial score (nSPS) is 12.7. The molecular weight excluding hydrogens is 548 g/mol. The molecule has 43 heavy (non-hydrogen) atoms. The van der Waals surface area contributed by atoms with Gasteiger partial charge in [0.25, 0.3) is 0 Å². The molecule has 0 saturated heterocycles. The first-order valence-electron chi connectivity index (χ1n) is 14.4. The lowest BCUT2D eigenvalue weighted by Gasteiger charge is -2.24. The summed E-state index contributed by atoms with van der Waals surface area (Å²) in [5.74, 6) is -2.13. The summed E-state index contributed by atoms with van der Waals surface area (Å²) in [6, 6.07) is 21.1. The molecule has 10 heteroatoms. The molecule has 0 aromatic heterocycles. The third-order valence-electron chi connectivity index (χ3n) is 6.52. The molecule has 0 aliphatic carbocycles. The fourth-order valence-electron chi connectivity index (χ4n) is 4.38. The van der Waals surface area contributed by atoms with Gasteiger partial charge in [0.15, 0.2) is 0 Å². The van der Waals surface area contributed by atoms with Gasteiger partial charge in [-0.25, -0.2) is 5.48 Å². The number of rotatable bonds is 15. The van der Waals surface area contributed by atoms with Crippen LogP contribution in [0.3, 0.4) is 0 Å². The van der Waals surface area contributed by atoms with Crippen LogP contribution in [0.2, 0.25) is 0 Å². The maximum absolute atomic E-state index is 13.4. The van der Waals surface area contributed by atoms with Crippen LogP contribution in [0.4, 0.5) is 0 Å². The van der Waals surface area contributed by atoms with Crippen LogP contribution < -0.4 is 21.4 Å². The van der Waals surface area contributed by atoms with E-state index in [2.05, 4.69) is 21.4 Å². The lowest BCUT2D eigenvalue weighted by Crippen LogP contribution is -2.56. The van der Waals surface area contributed by atoms with E-state index in [9.17, 15) is 19.2 Å². The van der Waals surface area contributed by atoms with E-state index in [1.165, 1.54) is 7.11 Å². The number of aryl methyl sites for hydroxylation is 1. The minimum atomic E-state index is -1.24. The number of nitrogens with one attached hydrogen (secondary N) is 4. The Balaban J connectivity index is 1.64. The molecule has 230 valence electrons. The lowest BCUT2D eigenvalue weighted by atomic mass is 10.0. The Hall–Kier alpha value is -4.28. The lowest BCUT2D eigenvalue weighted by molar-refractivity contribution is -0.147. The van der Waals surface area contributed by atoms with Gasteiger partial charge in [-0.3, -0.25) is 24.0 Å². The number of carbonyl (C=O) groups is 4. The first-order valence-corrected chi connectivity index (χ1v) is 14.4. The van der Waals surface area contributed by atoms with E-state index in [1.807, 2.05) is 72.8 Å². The number of ether oxygens (including phenoxy) is 1. The van der Waals surface area contributed by atoms with Crippen LogP contribution >= 0.6 is 0 Å². The Labute approximate surface area is 252 Å². The molecule has 4 amide bonds. The van der Waals surface area contributed by atoms with Crippen LogP contribution in [0.25, 0.3) is 10.8 Å². The van der Waals surface area contributed by atoms with Crippen molar-refractivity contribution in [3.05, 3.63) is 83.9 Å². The summed E-state index contributed by atoms with van der Waals surface area (Å²) in [6.45, 7) is 5.42. The summed E-state index contributed by atoms with van der Waals surface area (Å²) in [5, 5.41) is 10.2. The number of benzene rings is 3. The predicted octanol–water partition coefficient (Wildman–Crippen LogP) is 3.33. The van der Waals surface area contributed by atoms with Gasteiger partial charge in [0, 0.05) is 20.1 Å². The van der Waals surface area contributed by atoms with Gasteiger partial charge in [0.05, 0.1) is 18.6 Å². The van der Waals surface area contributed by atoms with E-state index in [0.717, 1.165) is 21.9 Å². The number of methoxy groups -OCH3 is 1. The van der Waals surface area contributed by atoms with E-state index in [0.29, 0.717) is 12.8 Å². The summed E-state index contributed by atoms with van der Waals surface area (Å²) in [4.78, 5) is 57.3. The summed E-state index contributed by atoms with van der Waals surface area (Å²) < 4.78 is 5.20. The fraction of sp³-hybridized carbons (Fsp3) is 0.394. The van der Waals surface area contributed by atoms with Gasteiger partial charge in [-0.2, -0.15) is 0 Å². The second kappa shape index (κ2) is 16.4. The molecule has 0 aliphatic rings. The van der Waals surface area contributed by atoms with Crippen LogP contribution in [0.1, 0.15) is 51.2 Å². The van der Waals surface area contributed by atoms with E-state index < -0.39 is 35.4 Å². The van der Waals surface area contributed by atoms with Gasteiger partial charge in [-0.15, -0.1) is 0 Å². The summed E-state index contributed by atoms with van der Waals surface area (Å²) in [7, 11) is 1.42. The standard InChI is InChI=1S/C33H42N4O6/c1-33(2,3)43-37-30(39)20-27(35-29(38)19-10-14-23-12-6-5-7-13-23)32(41)36-28(22-42-4)31(40)34-21-25-17-11-16-24-15-8-9-18-26(24)25/h5-9,11-13,15-18,27-28H,10,14,19-22H2,1-4H3,(H,34,40)(H,35,38)(H,36,41)(H,37,39)/t27?,28-/m0/s1. The van der Waals surface area contributed by atoms with Crippen LogP contribution in [0.15, 0.2) is 72.8 Å². The quantitative estimate of drug-likeness (QED) is 0.201. The minimum Gasteiger partial charge on any atom is -0.382 e. The maximum atomic E-state index is 13.4. The largest absolute Gasteiger partial charge is 0.382 e. The SMILES string of the molecule is COC[C@H](NC(=O)C(CC(=O)NOC(C)(C)C)NC(=O)CCCc1ccccc1)C(=O)NCc1cccc2ccccc12. The minimum absolute atomic E-state index is 0.107. The molecule has 0 heterocycles. The molecule has 3 aromatic rings. The molecule has 3 rings (SSSR count). The van der Waals surface area contributed by atoms with Crippen molar-refractivity contribution in [2.45, 2.75) is 70.7 Å². The molecule has 0 bridgehead atoms. The summed E-state index contributed by atoms with van der Waals surface area (Å²) in [6.07, 6.45) is 1.03. The molecule has 3 aromatic carbocycles. The van der Waals surface area contributed by atoms with Gasteiger partial charge in [-0.05, 0) is 55.5 Å². The number of hydrogen-bond acceptors (Lipinski definition) is 6. The van der Waals surface area contributed by atoms with Gasteiger partial charge >= 0.3 is 0 Å². The zero-order valence-corrected chi connectivity index (χ0v) is 25.3. The third kappa shape index (κ3) is 11.5. The highest BCUT2D eigenvalue weighted by molar-refractivity contribution is 5.95. The topological polar surface area (TPSA) is 135 Å². The zero-order valence-electron chi connectivity index (χ0n) is 25.3. The Kier molecular flexibility index (Phi) is 12.7. The Bertz CT molecular complexity index is 1370. The predicted molar refractivity (Wildman–Crippen MR) is 165 cm³/mol. The van der Waals surface area contributed by atoms with Gasteiger partial charge < -0.3 is 20.7 Å². The van der Waals surface area contributed by atoms with Gasteiger partial charge in [0.2, 0.25) is 23.6 Å². The number of fused-ring (bicyclic) bond motifs is 1. The Morgan fingerprint density at radius 2 is 1.49 bits per heavy atom. The highest BCUT2D eigenvalue weighted by atomic mass is 16.7. The fourth-order valence-corrected chi connectivity index (χ4v) is 4.38. The van der Waals surface area contributed by atoms with Gasteiger partial charge in [0.1, 0.15) is 12.1 Å². The number of hydroxylamine groups is 1. The highest BCUT2D eigenvalue weighted by Crippen LogP contribution is 2.18. The molecule has 0 aliphatic heterocycles. The van der Waals surface area contributed by atoms with Crippen molar-refractivity contribution in [1.29, 1.82) is 0 Å². The Morgan fingerprint density at radius 1 is 0.791 bits per heavy atom. The van der Waals surface area contributed by atoms with Crippen molar-refractivity contribution in [2.24, 2.45) is 0 Å². The summed E-state index contributed by atoms with van der Waals surface area (Å²) in [5.41, 5.74) is 3.69. The van der Waals surface area contributed by atoms with Crippen molar-refractivity contribution in [2.75, 3.05) is 13.7 Å². The maximum Gasteiger partial charge on any atom is 0.246 e. The second-order valence-electron chi connectivity index (χ2n) is 11.3. The number of amides is 4. The first kappa shape index (κ1) is 33.2. The number of hydrogen-bond donors (Lipinski definition) is 4. The van der Waals surface area contributed by atoms with Crippen LogP contribution in [0, 0.1) is 0 Å². The molecule has 1 unspecified atom stereocenters. The highest BCUT2D eigenvalue weighted by Gasteiger charge is 2.29. The van der Waals surface area contributed by atoms with E-state index in [-0.39, 0.29) is 31.9 Å². The molecule has 0 spiro atoms. The Morgan fingerprint density at radius 3 is 2.21 bits per heavy atom.